The maximum atomic E-state index is 14.4. The Hall–Kier alpha value is -2.60. The molecular weight excluding hydrogens is 575 g/mol. The van der Waals surface area contributed by atoms with Crippen LogP contribution in [0.15, 0.2) is 65.8 Å². The minimum atomic E-state index is -3.85. The van der Waals surface area contributed by atoms with E-state index < -0.39 is 25.9 Å². The second-order valence-electron chi connectivity index (χ2n) is 12.1. The van der Waals surface area contributed by atoms with Crippen molar-refractivity contribution in [3.63, 3.8) is 0 Å². The number of rotatable bonds is 8. The van der Waals surface area contributed by atoms with Gasteiger partial charge in [-0.05, 0) is 81.0 Å². The molecule has 3 saturated heterocycles. The van der Waals surface area contributed by atoms with Crippen LogP contribution < -0.4 is 4.90 Å². The van der Waals surface area contributed by atoms with Crippen LogP contribution in [0.2, 0.25) is 0 Å². The monoisotopic (exact) mass is 614 g/mol. The Labute approximate surface area is 248 Å². The Balaban J connectivity index is 1.03. The molecule has 0 radical (unpaired) electrons. The molecule has 11 heteroatoms. The number of sulfonamides is 2. The fraction of sp³-hybridized carbons (Fsp3) is 0.516. The summed E-state index contributed by atoms with van der Waals surface area (Å²) in [4.78, 5) is 6.60. The first-order chi connectivity index (χ1) is 20.2. The lowest BCUT2D eigenvalue weighted by atomic mass is 9.71. The zero-order chi connectivity index (χ0) is 29.4. The number of piperidine rings is 2. The molecule has 1 atom stereocenters. The van der Waals surface area contributed by atoms with Crippen molar-refractivity contribution in [3.8, 4) is 0 Å². The largest absolute Gasteiger partial charge is 0.371 e. The van der Waals surface area contributed by atoms with Crippen molar-refractivity contribution in [2.75, 3.05) is 43.4 Å². The third kappa shape index (κ3) is 5.80. The van der Waals surface area contributed by atoms with Crippen molar-refractivity contribution in [3.05, 3.63) is 66.7 Å². The van der Waals surface area contributed by atoms with Crippen LogP contribution >= 0.6 is 0 Å². The molecule has 226 valence electrons. The van der Waals surface area contributed by atoms with Gasteiger partial charge in [0.05, 0.1) is 10.6 Å². The number of benzene rings is 2. The second-order valence-corrected chi connectivity index (χ2v) is 16.0. The molecule has 0 unspecified atom stereocenters. The van der Waals surface area contributed by atoms with Crippen LogP contribution in [0.1, 0.15) is 51.4 Å². The first kappa shape index (κ1) is 29.5. The lowest BCUT2D eigenvalue weighted by Gasteiger charge is -2.47. The van der Waals surface area contributed by atoms with Crippen molar-refractivity contribution in [2.45, 2.75) is 62.3 Å². The van der Waals surface area contributed by atoms with E-state index in [1.807, 2.05) is 24.5 Å². The van der Waals surface area contributed by atoms with Gasteiger partial charge in [-0.3, -0.25) is 4.98 Å². The van der Waals surface area contributed by atoms with Crippen LogP contribution in [0, 0.1) is 11.2 Å². The van der Waals surface area contributed by atoms with Crippen molar-refractivity contribution >= 4 is 36.5 Å². The minimum Gasteiger partial charge on any atom is -0.371 e. The summed E-state index contributed by atoms with van der Waals surface area (Å²) in [5.74, 6) is -0.425. The number of halogens is 1. The third-order valence-corrected chi connectivity index (χ3v) is 13.7. The van der Waals surface area contributed by atoms with Crippen LogP contribution in [-0.4, -0.2) is 74.9 Å². The first-order valence-electron chi connectivity index (χ1n) is 15.0. The molecule has 4 heterocycles. The molecule has 1 aromatic heterocycles. The molecule has 2 aromatic carbocycles. The number of nitrogens with zero attached hydrogens (tertiary/aromatic N) is 4. The van der Waals surface area contributed by atoms with Gasteiger partial charge in [0.25, 0.3) is 0 Å². The molecule has 3 aliphatic heterocycles. The van der Waals surface area contributed by atoms with E-state index in [2.05, 4.69) is 9.88 Å². The van der Waals surface area contributed by atoms with Crippen molar-refractivity contribution in [1.29, 1.82) is 0 Å². The smallest absolute Gasteiger partial charge is 0.243 e. The van der Waals surface area contributed by atoms with E-state index in [0.29, 0.717) is 44.3 Å². The number of fused-ring (bicyclic) bond motifs is 1. The van der Waals surface area contributed by atoms with E-state index in [4.69, 9.17) is 0 Å². The quantitative estimate of drug-likeness (QED) is 0.354. The molecule has 1 spiro atoms. The van der Waals surface area contributed by atoms with E-state index in [-0.39, 0.29) is 27.5 Å². The molecule has 3 fully saturated rings. The maximum Gasteiger partial charge on any atom is 0.243 e. The summed E-state index contributed by atoms with van der Waals surface area (Å²) >= 11 is 0. The highest BCUT2D eigenvalue weighted by molar-refractivity contribution is 7.89. The fourth-order valence-electron chi connectivity index (χ4n) is 7.16. The molecule has 0 amide bonds. The van der Waals surface area contributed by atoms with Crippen molar-refractivity contribution < 1.29 is 21.2 Å². The second kappa shape index (κ2) is 11.8. The van der Waals surface area contributed by atoms with Crippen LogP contribution in [0.5, 0.6) is 0 Å². The maximum absolute atomic E-state index is 14.4. The van der Waals surface area contributed by atoms with Crippen LogP contribution in [0.4, 0.5) is 10.1 Å². The van der Waals surface area contributed by atoms with Gasteiger partial charge >= 0.3 is 0 Å². The summed E-state index contributed by atoms with van der Waals surface area (Å²) in [7, 11) is -7.27. The molecule has 42 heavy (non-hydrogen) atoms. The lowest BCUT2D eigenvalue weighted by Crippen LogP contribution is -2.48. The van der Waals surface area contributed by atoms with Gasteiger partial charge in [-0.15, -0.1) is 0 Å². The van der Waals surface area contributed by atoms with Gasteiger partial charge in [-0.1, -0.05) is 24.3 Å². The van der Waals surface area contributed by atoms with E-state index in [0.717, 1.165) is 45.2 Å². The summed E-state index contributed by atoms with van der Waals surface area (Å²) < 4.78 is 71.5. The first-order valence-corrected chi connectivity index (χ1v) is 18.1. The number of aromatic nitrogens is 1. The van der Waals surface area contributed by atoms with E-state index in [9.17, 15) is 21.2 Å². The summed E-state index contributed by atoms with van der Waals surface area (Å²) in [6.07, 6.45) is 9.86. The summed E-state index contributed by atoms with van der Waals surface area (Å²) in [5.41, 5.74) is 1.40. The highest BCUT2D eigenvalue weighted by Gasteiger charge is 2.41. The molecule has 6 rings (SSSR count). The highest BCUT2D eigenvalue weighted by Crippen LogP contribution is 2.42. The molecule has 0 bridgehead atoms. The standard InChI is InChI=1S/C31H39FN4O4S2/c32-29-9-10-30(28-8-2-1-7-27(28)29)42(39,40)36-19-3-5-26(36)6-4-24-41(37,38)35-22-15-31(16-23-35)13-20-34(21-14-31)25-11-17-33-18-12-25/h1-2,7-12,17-18,26H,3-6,13-16,19-24H2/t26-/m0/s1. The number of hydrogen-bond acceptors (Lipinski definition) is 6. The Morgan fingerprint density at radius 2 is 1.50 bits per heavy atom. The van der Waals surface area contributed by atoms with Crippen LogP contribution in [-0.2, 0) is 20.0 Å². The van der Waals surface area contributed by atoms with Crippen LogP contribution in [0.25, 0.3) is 10.8 Å². The Morgan fingerprint density at radius 3 is 2.21 bits per heavy atom. The predicted octanol–water partition coefficient (Wildman–Crippen LogP) is 5.02. The predicted molar refractivity (Wildman–Crippen MR) is 163 cm³/mol. The van der Waals surface area contributed by atoms with E-state index in [1.165, 1.54) is 22.1 Å². The molecule has 0 N–H and O–H groups in total. The van der Waals surface area contributed by atoms with Gasteiger partial charge in [0.2, 0.25) is 20.0 Å². The molecular formula is C31H39FN4O4S2. The molecule has 0 saturated carbocycles. The SMILES string of the molecule is O=S(=O)(CCC[C@@H]1CCCN1S(=O)(=O)c1ccc(F)c2ccccc12)N1CCC2(CCN(c3ccncc3)CC2)CC1. The van der Waals surface area contributed by atoms with Gasteiger partial charge in [-0.25, -0.2) is 25.5 Å². The van der Waals surface area contributed by atoms with Crippen molar-refractivity contribution in [2.24, 2.45) is 5.41 Å². The molecule has 3 aliphatic rings. The topological polar surface area (TPSA) is 90.9 Å². The molecule has 3 aromatic rings. The van der Waals surface area contributed by atoms with Gasteiger partial charge < -0.3 is 4.90 Å². The van der Waals surface area contributed by atoms with Crippen molar-refractivity contribution in [1.82, 2.24) is 13.6 Å². The third-order valence-electron chi connectivity index (χ3n) is 9.71. The number of anilines is 1. The van der Waals surface area contributed by atoms with E-state index in [1.54, 1.807) is 28.6 Å². The average Bonchev–Trinajstić information content (AvgIpc) is 3.48. The molecule has 8 nitrogen and oxygen atoms in total. The van der Waals surface area contributed by atoms with Gasteiger partial charge in [0, 0.05) is 67.6 Å². The summed E-state index contributed by atoms with van der Waals surface area (Å²) in [6.45, 7) is 3.45. The normalized spacial score (nSPS) is 22.2. The fourth-order valence-corrected chi connectivity index (χ4v) is 10.6. The highest BCUT2D eigenvalue weighted by atomic mass is 32.2. The summed E-state index contributed by atoms with van der Waals surface area (Å²) in [6, 6.07) is 13.0. The Morgan fingerprint density at radius 1 is 0.833 bits per heavy atom. The summed E-state index contributed by atoms with van der Waals surface area (Å²) in [5, 5.41) is 0.652. The average molecular weight is 615 g/mol. The lowest BCUT2D eigenvalue weighted by molar-refractivity contribution is 0.119. The molecule has 0 aliphatic carbocycles. The van der Waals surface area contributed by atoms with Gasteiger partial charge in [0.1, 0.15) is 5.82 Å². The Bertz CT molecular complexity index is 1620. The number of pyridine rings is 1. The number of hydrogen-bond donors (Lipinski definition) is 0. The van der Waals surface area contributed by atoms with Gasteiger partial charge in [0.15, 0.2) is 0 Å². The zero-order valence-corrected chi connectivity index (χ0v) is 25.5. The van der Waals surface area contributed by atoms with Gasteiger partial charge in [-0.2, -0.15) is 4.31 Å². The van der Waals surface area contributed by atoms with Crippen LogP contribution in [0.3, 0.4) is 0 Å². The van der Waals surface area contributed by atoms with E-state index >= 15 is 0 Å². The minimum absolute atomic E-state index is 0.0275. The zero-order valence-electron chi connectivity index (χ0n) is 23.9. The Kier molecular flexibility index (Phi) is 8.30.